The highest BCUT2D eigenvalue weighted by Gasteiger charge is 2.42. The highest BCUT2D eigenvalue weighted by Crippen LogP contribution is 2.45. The molecule has 140 valence electrons. The van der Waals surface area contributed by atoms with E-state index in [1.165, 1.54) is 18.4 Å². The van der Waals surface area contributed by atoms with Crippen molar-refractivity contribution in [3.63, 3.8) is 0 Å². The van der Waals surface area contributed by atoms with Gasteiger partial charge >= 0.3 is 5.97 Å². The first-order valence-corrected chi connectivity index (χ1v) is 9.20. The van der Waals surface area contributed by atoms with E-state index < -0.39 is 5.97 Å². The van der Waals surface area contributed by atoms with E-state index in [1.54, 1.807) is 24.0 Å². The van der Waals surface area contributed by atoms with Gasteiger partial charge in [0.05, 0.1) is 12.7 Å². The Morgan fingerprint density at radius 3 is 2.62 bits per heavy atom. The summed E-state index contributed by atoms with van der Waals surface area (Å²) in [4.78, 5) is 30.2. The Labute approximate surface area is 156 Å². The molecular formula is C18H24N4O3S. The van der Waals surface area contributed by atoms with Crippen LogP contribution in [0.1, 0.15) is 59.1 Å². The maximum absolute atomic E-state index is 12.6. The fourth-order valence-corrected chi connectivity index (χ4v) is 4.94. The Balaban J connectivity index is 2.09. The van der Waals surface area contributed by atoms with Gasteiger partial charge in [-0.2, -0.15) is 0 Å². The summed E-state index contributed by atoms with van der Waals surface area (Å²) in [5.41, 5.74) is 0.876. The molecule has 0 saturated carbocycles. The summed E-state index contributed by atoms with van der Waals surface area (Å²) in [7, 11) is 3.10. The third-order valence-electron chi connectivity index (χ3n) is 4.49. The molecule has 2 N–H and O–H groups in total. The number of esters is 1. The molecule has 3 heterocycles. The molecule has 0 saturated heterocycles. The Kier molecular flexibility index (Phi) is 4.44. The number of anilines is 1. The molecule has 0 aliphatic carbocycles. The van der Waals surface area contributed by atoms with Crippen molar-refractivity contribution in [2.45, 2.75) is 45.2 Å². The average Bonchev–Trinajstić information content (AvgIpc) is 3.09. The lowest BCUT2D eigenvalue weighted by Gasteiger charge is -2.42. The first-order chi connectivity index (χ1) is 12.1. The minimum atomic E-state index is -0.439. The van der Waals surface area contributed by atoms with E-state index >= 15 is 0 Å². The number of amides is 1. The lowest BCUT2D eigenvalue weighted by Crippen LogP contribution is -2.55. The van der Waals surface area contributed by atoms with Crippen LogP contribution in [0.5, 0.6) is 0 Å². The van der Waals surface area contributed by atoms with Gasteiger partial charge in [0.1, 0.15) is 5.00 Å². The van der Waals surface area contributed by atoms with Crippen LogP contribution in [0.3, 0.4) is 0 Å². The fraction of sp³-hybridized carbons (Fsp3) is 0.500. The monoisotopic (exact) mass is 376 g/mol. The highest BCUT2D eigenvalue weighted by molar-refractivity contribution is 7.17. The van der Waals surface area contributed by atoms with Gasteiger partial charge in [0.25, 0.3) is 5.91 Å². The molecule has 0 bridgehead atoms. The molecule has 0 radical (unpaired) electrons. The highest BCUT2D eigenvalue weighted by atomic mass is 32.1. The van der Waals surface area contributed by atoms with Gasteiger partial charge in [0.15, 0.2) is 5.82 Å². The van der Waals surface area contributed by atoms with E-state index in [0.717, 1.165) is 10.4 Å². The number of hydrogen-bond acceptors (Lipinski definition) is 6. The summed E-state index contributed by atoms with van der Waals surface area (Å²) in [5.74, 6) is -0.512. The molecular weight excluding hydrogens is 352 g/mol. The van der Waals surface area contributed by atoms with Crippen molar-refractivity contribution >= 4 is 28.2 Å². The topological polar surface area (TPSA) is 85.2 Å². The minimum absolute atomic E-state index is 0.179. The number of thiophene rings is 1. The summed E-state index contributed by atoms with van der Waals surface area (Å²) >= 11 is 1.41. The van der Waals surface area contributed by atoms with Crippen molar-refractivity contribution in [1.29, 1.82) is 0 Å². The van der Waals surface area contributed by atoms with Crippen LogP contribution in [-0.4, -0.2) is 34.1 Å². The quantitative estimate of drug-likeness (QED) is 0.805. The zero-order valence-electron chi connectivity index (χ0n) is 15.9. The molecule has 3 rings (SSSR count). The molecule has 8 heteroatoms. The lowest BCUT2D eigenvalue weighted by atomic mass is 9.81. The molecule has 0 fully saturated rings. The van der Waals surface area contributed by atoms with E-state index in [0.29, 0.717) is 17.0 Å². The standard InChI is InChI=1S/C18H24N4O3S/c1-17(2)9-10-11(16(24)25-6)15(26-12(10)18(3,4)21-17)20-14(23)13-19-7-8-22(13)5/h7-8,21H,9H2,1-6H3,(H,20,23). The predicted octanol–water partition coefficient (Wildman–Crippen LogP) is 2.68. The molecule has 1 amide bonds. The van der Waals surface area contributed by atoms with Gasteiger partial charge in [-0.25, -0.2) is 9.78 Å². The van der Waals surface area contributed by atoms with Crippen LogP contribution in [0.25, 0.3) is 0 Å². The number of methoxy groups -OCH3 is 1. The Bertz CT molecular complexity index is 879. The predicted molar refractivity (Wildman–Crippen MR) is 101 cm³/mol. The van der Waals surface area contributed by atoms with Crippen molar-refractivity contribution in [2.75, 3.05) is 12.4 Å². The second kappa shape index (κ2) is 6.21. The van der Waals surface area contributed by atoms with Crippen LogP contribution >= 0.6 is 11.3 Å². The number of carbonyl (C=O) groups is 2. The van der Waals surface area contributed by atoms with Gasteiger partial charge in [0, 0.05) is 35.4 Å². The number of carbonyl (C=O) groups excluding carboxylic acids is 2. The molecule has 1 aliphatic rings. The van der Waals surface area contributed by atoms with Gasteiger partial charge in [-0.1, -0.05) is 0 Å². The molecule has 0 spiro atoms. The Morgan fingerprint density at radius 1 is 1.35 bits per heavy atom. The van der Waals surface area contributed by atoms with Crippen molar-refractivity contribution in [2.24, 2.45) is 7.05 Å². The normalized spacial score (nSPS) is 17.5. The van der Waals surface area contributed by atoms with Crippen LogP contribution in [0.4, 0.5) is 5.00 Å². The van der Waals surface area contributed by atoms with E-state index in [-0.39, 0.29) is 22.8 Å². The Morgan fingerprint density at radius 2 is 2.04 bits per heavy atom. The number of hydrogen-bond donors (Lipinski definition) is 2. The number of nitrogens with zero attached hydrogens (tertiary/aromatic N) is 2. The third kappa shape index (κ3) is 3.14. The zero-order chi connectivity index (χ0) is 19.3. The van der Waals surface area contributed by atoms with Gasteiger partial charge in [-0.05, 0) is 39.7 Å². The van der Waals surface area contributed by atoms with Crippen molar-refractivity contribution in [3.8, 4) is 0 Å². The van der Waals surface area contributed by atoms with Crippen LogP contribution in [0.15, 0.2) is 12.4 Å². The van der Waals surface area contributed by atoms with Gasteiger partial charge in [-0.15, -0.1) is 11.3 Å². The summed E-state index contributed by atoms with van der Waals surface area (Å²) in [6, 6.07) is 0. The van der Waals surface area contributed by atoms with Gasteiger partial charge < -0.3 is 19.9 Å². The number of fused-ring (bicyclic) bond motifs is 1. The van der Waals surface area contributed by atoms with Crippen molar-refractivity contribution in [1.82, 2.24) is 14.9 Å². The molecule has 2 aromatic heterocycles. The SMILES string of the molecule is COC(=O)c1c(NC(=O)c2nccn2C)sc2c1CC(C)(C)NC2(C)C. The van der Waals surface area contributed by atoms with E-state index in [4.69, 9.17) is 4.74 Å². The second-order valence-corrected chi connectivity index (χ2v) is 8.75. The molecule has 0 atom stereocenters. The smallest absolute Gasteiger partial charge is 0.341 e. The minimum Gasteiger partial charge on any atom is -0.465 e. The van der Waals surface area contributed by atoms with Crippen LogP contribution in [0.2, 0.25) is 0 Å². The first-order valence-electron chi connectivity index (χ1n) is 8.38. The lowest BCUT2D eigenvalue weighted by molar-refractivity contribution is 0.0600. The molecule has 1 aliphatic heterocycles. The summed E-state index contributed by atoms with van der Waals surface area (Å²) < 4.78 is 6.64. The maximum atomic E-state index is 12.6. The van der Waals surface area contributed by atoms with Crippen LogP contribution < -0.4 is 10.6 Å². The summed E-state index contributed by atoms with van der Waals surface area (Å²) in [6.45, 7) is 8.36. The summed E-state index contributed by atoms with van der Waals surface area (Å²) in [6.07, 6.45) is 3.93. The van der Waals surface area contributed by atoms with Gasteiger partial charge in [0.2, 0.25) is 0 Å². The molecule has 0 aromatic carbocycles. The largest absolute Gasteiger partial charge is 0.465 e. The number of rotatable bonds is 3. The summed E-state index contributed by atoms with van der Waals surface area (Å²) in [5, 5.41) is 6.97. The van der Waals surface area contributed by atoms with E-state index in [2.05, 4.69) is 43.3 Å². The number of aryl methyl sites for hydroxylation is 1. The molecule has 26 heavy (non-hydrogen) atoms. The number of imidazole rings is 1. The van der Waals surface area contributed by atoms with Crippen molar-refractivity contribution < 1.29 is 14.3 Å². The maximum Gasteiger partial charge on any atom is 0.341 e. The number of ether oxygens (including phenoxy) is 1. The first kappa shape index (κ1) is 18.6. The second-order valence-electron chi connectivity index (χ2n) is 7.73. The van der Waals surface area contributed by atoms with Gasteiger partial charge in [-0.3, -0.25) is 4.79 Å². The molecule has 2 aromatic rings. The van der Waals surface area contributed by atoms with E-state index in [1.807, 2.05) is 0 Å². The van der Waals surface area contributed by atoms with Crippen LogP contribution in [-0.2, 0) is 23.7 Å². The number of aromatic nitrogens is 2. The average molecular weight is 376 g/mol. The fourth-order valence-electron chi connectivity index (χ4n) is 3.68. The van der Waals surface area contributed by atoms with E-state index in [9.17, 15) is 9.59 Å². The molecule has 0 unspecified atom stereocenters. The van der Waals surface area contributed by atoms with Crippen LogP contribution in [0, 0.1) is 0 Å². The number of nitrogens with one attached hydrogen (secondary N) is 2. The zero-order valence-corrected chi connectivity index (χ0v) is 16.7. The third-order valence-corrected chi connectivity index (χ3v) is 5.96. The van der Waals surface area contributed by atoms with Crippen molar-refractivity contribution in [3.05, 3.63) is 34.2 Å². The Hall–Kier alpha value is -2.19. The molecule has 7 nitrogen and oxygen atoms in total.